The molecule has 324 valence electrons. The van der Waals surface area contributed by atoms with E-state index in [1.165, 1.54) is 12.0 Å². The van der Waals surface area contributed by atoms with E-state index in [9.17, 15) is 24.3 Å². The lowest BCUT2D eigenvalue weighted by Gasteiger charge is -2.74. The standard InChI is InChI=1S/C49H81NO7/c1-32(2)33-23-26-49(41(54)50-29-19-17-15-13-12-14-16-18-20-37(51)52)28-27-47(10)34(39(33)49)21-22-36-46(9)31-44(5,6)40(57-38(53)30-43(3,4)42(55)56)45(7,8)35(46)24-25-48(36,47)11/h33-36,39-40H,1,12-31H2,2-11H3,(H,50,54)(H,51,52)(H,55,56)/t33-,34+,35-,36?,39+,40-,46-,47+,48+,49-/m0/s1. The summed E-state index contributed by atoms with van der Waals surface area (Å²) in [5.41, 5.74) is -0.557. The van der Waals surface area contributed by atoms with Crippen LogP contribution in [0, 0.1) is 67.5 Å². The summed E-state index contributed by atoms with van der Waals surface area (Å²) in [6, 6.07) is 0. The third-order valence-corrected chi connectivity index (χ3v) is 17.9. The number of amides is 1. The Balaban J connectivity index is 1.29. The first-order valence-electron chi connectivity index (χ1n) is 23.0. The highest BCUT2D eigenvalue weighted by Gasteiger charge is 2.73. The highest BCUT2D eigenvalue weighted by molar-refractivity contribution is 5.84. The van der Waals surface area contributed by atoms with Crippen molar-refractivity contribution in [2.24, 2.45) is 67.5 Å². The molecule has 1 amide bonds. The lowest BCUT2D eigenvalue weighted by Crippen LogP contribution is -2.69. The Morgan fingerprint density at radius 2 is 1.37 bits per heavy atom. The summed E-state index contributed by atoms with van der Waals surface area (Å²) >= 11 is 0. The normalized spacial score (nSPS) is 37.8. The molecule has 0 aromatic carbocycles. The number of hydrogen-bond donors (Lipinski definition) is 3. The Kier molecular flexibility index (Phi) is 13.3. The predicted octanol–water partition coefficient (Wildman–Crippen LogP) is 11.4. The van der Waals surface area contributed by atoms with Gasteiger partial charge in [-0.15, -0.1) is 0 Å². The van der Waals surface area contributed by atoms with Gasteiger partial charge in [0.15, 0.2) is 0 Å². The molecule has 5 aliphatic carbocycles. The second kappa shape index (κ2) is 16.6. The van der Waals surface area contributed by atoms with Crippen molar-refractivity contribution >= 4 is 23.8 Å². The minimum atomic E-state index is -1.18. The molecule has 8 heteroatoms. The van der Waals surface area contributed by atoms with Crippen LogP contribution in [0.15, 0.2) is 12.2 Å². The molecule has 0 saturated heterocycles. The van der Waals surface area contributed by atoms with Crippen molar-refractivity contribution in [1.82, 2.24) is 5.32 Å². The molecule has 5 aliphatic rings. The van der Waals surface area contributed by atoms with Gasteiger partial charge in [0.05, 0.1) is 17.3 Å². The molecule has 3 N–H and O–H groups in total. The number of carboxylic acid groups (broad SMARTS) is 2. The van der Waals surface area contributed by atoms with Crippen LogP contribution in [-0.4, -0.2) is 46.7 Å². The van der Waals surface area contributed by atoms with E-state index in [1.54, 1.807) is 13.8 Å². The van der Waals surface area contributed by atoms with Crippen LogP contribution < -0.4 is 5.32 Å². The highest BCUT2D eigenvalue weighted by atomic mass is 16.5. The number of rotatable bonds is 17. The van der Waals surface area contributed by atoms with Gasteiger partial charge in [0.1, 0.15) is 6.10 Å². The number of carbonyl (C=O) groups excluding carboxylic acids is 2. The van der Waals surface area contributed by atoms with Crippen molar-refractivity contribution < 1.29 is 34.1 Å². The van der Waals surface area contributed by atoms with Gasteiger partial charge in [-0.2, -0.15) is 0 Å². The number of fused-ring (bicyclic) bond motifs is 7. The van der Waals surface area contributed by atoms with Crippen LogP contribution in [0.3, 0.4) is 0 Å². The highest BCUT2D eigenvalue weighted by Crippen LogP contribution is 2.78. The van der Waals surface area contributed by atoms with E-state index in [4.69, 9.17) is 9.84 Å². The molecule has 0 radical (unpaired) electrons. The zero-order chi connectivity index (χ0) is 42.4. The number of esters is 1. The number of carboxylic acids is 2. The SMILES string of the molecule is C=C(C)[C@@H]1CC[C@]2(C(=O)NCCCCCCCCCCC(=O)O)CC[C@]3(C)[C@H](CCC4[C@@]5(C)CC(C)(C)[C@H](OC(=O)CC(C)(C)C(=O)O)C(C)(C)[C@@H]5CC[C@]43C)[C@@H]12. The molecule has 10 atom stereocenters. The zero-order valence-corrected chi connectivity index (χ0v) is 37.7. The van der Waals surface area contributed by atoms with Gasteiger partial charge in [-0.1, -0.05) is 99.1 Å². The third kappa shape index (κ3) is 8.25. The van der Waals surface area contributed by atoms with Gasteiger partial charge in [0.25, 0.3) is 0 Å². The molecule has 5 saturated carbocycles. The minimum Gasteiger partial charge on any atom is -0.481 e. The average molecular weight is 796 g/mol. The van der Waals surface area contributed by atoms with Gasteiger partial charge in [-0.05, 0) is 137 Å². The molecule has 5 fully saturated rings. The predicted molar refractivity (Wildman–Crippen MR) is 226 cm³/mol. The first-order valence-corrected chi connectivity index (χ1v) is 23.0. The molecular formula is C49H81NO7. The second-order valence-electron chi connectivity index (χ2n) is 22.8. The maximum absolute atomic E-state index is 14.5. The number of ether oxygens (including phenoxy) is 1. The Morgan fingerprint density at radius 1 is 0.754 bits per heavy atom. The van der Waals surface area contributed by atoms with E-state index in [-0.39, 0.29) is 51.4 Å². The monoisotopic (exact) mass is 796 g/mol. The summed E-state index contributed by atoms with van der Waals surface area (Å²) in [5, 5.41) is 22.0. The van der Waals surface area contributed by atoms with Crippen LogP contribution in [0.5, 0.6) is 0 Å². The second-order valence-corrected chi connectivity index (χ2v) is 22.8. The van der Waals surface area contributed by atoms with Crippen molar-refractivity contribution in [3.05, 3.63) is 12.2 Å². The minimum absolute atomic E-state index is 0.0485. The topological polar surface area (TPSA) is 130 Å². The van der Waals surface area contributed by atoms with Crippen LogP contribution in [0.2, 0.25) is 0 Å². The van der Waals surface area contributed by atoms with Gasteiger partial charge >= 0.3 is 17.9 Å². The lowest BCUT2D eigenvalue weighted by molar-refractivity contribution is -0.270. The molecule has 0 bridgehead atoms. The fourth-order valence-corrected chi connectivity index (χ4v) is 15.4. The summed E-state index contributed by atoms with van der Waals surface area (Å²) in [4.78, 5) is 50.5. The van der Waals surface area contributed by atoms with E-state index < -0.39 is 23.3 Å². The first kappa shape index (κ1) is 45.7. The fourth-order valence-electron chi connectivity index (χ4n) is 15.4. The van der Waals surface area contributed by atoms with Crippen molar-refractivity contribution in [2.75, 3.05) is 6.54 Å². The van der Waals surface area contributed by atoms with Crippen molar-refractivity contribution in [2.45, 2.75) is 197 Å². The van der Waals surface area contributed by atoms with Crippen molar-refractivity contribution in [3.63, 3.8) is 0 Å². The molecule has 0 heterocycles. The molecule has 8 nitrogen and oxygen atoms in total. The first-order chi connectivity index (χ1) is 26.4. The van der Waals surface area contributed by atoms with Crippen LogP contribution >= 0.6 is 0 Å². The van der Waals surface area contributed by atoms with Crippen molar-refractivity contribution in [1.29, 1.82) is 0 Å². The molecule has 57 heavy (non-hydrogen) atoms. The molecule has 0 aromatic heterocycles. The van der Waals surface area contributed by atoms with E-state index in [0.29, 0.717) is 35.5 Å². The third-order valence-electron chi connectivity index (χ3n) is 17.9. The summed E-state index contributed by atoms with van der Waals surface area (Å²) in [6.07, 6.45) is 17.8. The van der Waals surface area contributed by atoms with E-state index in [2.05, 4.69) is 67.3 Å². The number of nitrogens with one attached hydrogen (secondary N) is 1. The fraction of sp³-hybridized carbons (Fsp3) is 0.878. The summed E-state index contributed by atoms with van der Waals surface area (Å²) in [5.74, 6) is 0.229. The Morgan fingerprint density at radius 3 is 1.96 bits per heavy atom. The largest absolute Gasteiger partial charge is 0.481 e. The molecular weight excluding hydrogens is 715 g/mol. The summed E-state index contributed by atoms with van der Waals surface area (Å²) in [6.45, 7) is 27.6. The van der Waals surface area contributed by atoms with Gasteiger partial charge in [-0.25, -0.2) is 0 Å². The van der Waals surface area contributed by atoms with Crippen LogP contribution in [-0.2, 0) is 23.9 Å². The molecule has 0 spiro atoms. The molecule has 5 rings (SSSR count). The number of carbonyl (C=O) groups is 4. The number of aliphatic carboxylic acids is 2. The smallest absolute Gasteiger partial charge is 0.309 e. The van der Waals surface area contributed by atoms with Crippen LogP contribution in [0.25, 0.3) is 0 Å². The van der Waals surface area contributed by atoms with Gasteiger partial charge in [0.2, 0.25) is 5.91 Å². The Labute approximate surface area is 345 Å². The quantitative estimate of drug-likeness (QED) is 0.0759. The Hall–Kier alpha value is -2.38. The van der Waals surface area contributed by atoms with Crippen LogP contribution in [0.1, 0.15) is 191 Å². The molecule has 0 aromatic rings. The summed E-state index contributed by atoms with van der Waals surface area (Å²) in [7, 11) is 0. The average Bonchev–Trinajstić information content (AvgIpc) is 3.50. The van der Waals surface area contributed by atoms with Crippen molar-refractivity contribution in [3.8, 4) is 0 Å². The van der Waals surface area contributed by atoms with Gasteiger partial charge in [0, 0.05) is 23.8 Å². The number of allylic oxidation sites excluding steroid dienone is 1. The lowest BCUT2D eigenvalue weighted by atomic mass is 9.31. The summed E-state index contributed by atoms with van der Waals surface area (Å²) < 4.78 is 6.40. The van der Waals surface area contributed by atoms with E-state index in [0.717, 1.165) is 109 Å². The molecule has 1 unspecified atom stereocenters. The number of hydrogen-bond acceptors (Lipinski definition) is 5. The maximum Gasteiger partial charge on any atom is 0.309 e. The van der Waals surface area contributed by atoms with Gasteiger partial charge < -0.3 is 20.3 Å². The zero-order valence-electron chi connectivity index (χ0n) is 37.7. The van der Waals surface area contributed by atoms with E-state index in [1.807, 2.05) is 0 Å². The molecule has 0 aliphatic heterocycles. The van der Waals surface area contributed by atoms with Gasteiger partial charge in [-0.3, -0.25) is 19.2 Å². The van der Waals surface area contributed by atoms with E-state index >= 15 is 0 Å². The van der Waals surface area contributed by atoms with Crippen LogP contribution in [0.4, 0.5) is 0 Å². The maximum atomic E-state index is 14.5. The Bertz CT molecular complexity index is 1530. The number of unbranched alkanes of at least 4 members (excludes halogenated alkanes) is 7.